The van der Waals surface area contributed by atoms with Crippen LogP contribution in [0.15, 0.2) is 16.8 Å². The lowest BCUT2D eigenvalue weighted by Crippen LogP contribution is -2.57. The van der Waals surface area contributed by atoms with E-state index in [1.165, 1.54) is 32.1 Å². The maximum absolute atomic E-state index is 12.6. The van der Waals surface area contributed by atoms with Crippen LogP contribution in [-0.2, 0) is 16.1 Å². The van der Waals surface area contributed by atoms with Gasteiger partial charge in [-0.15, -0.1) is 0 Å². The number of hydrogen-bond acceptors (Lipinski definition) is 5. The van der Waals surface area contributed by atoms with Gasteiger partial charge >= 0.3 is 0 Å². The van der Waals surface area contributed by atoms with E-state index in [4.69, 9.17) is 4.52 Å². The Kier molecular flexibility index (Phi) is 6.07. The second-order valence-electron chi connectivity index (χ2n) is 7.24. The van der Waals surface area contributed by atoms with Gasteiger partial charge in [-0.05, 0) is 18.8 Å². The summed E-state index contributed by atoms with van der Waals surface area (Å²) in [6.45, 7) is 2.79. The number of piperazine rings is 1. The molecular weight excluding hydrogens is 320 g/mol. The van der Waals surface area contributed by atoms with Gasteiger partial charge in [0, 0.05) is 32.7 Å². The third kappa shape index (κ3) is 4.81. The fourth-order valence-electron chi connectivity index (χ4n) is 3.87. The molecule has 0 bridgehead atoms. The maximum atomic E-state index is 12.6. The Balaban J connectivity index is 1.58. The number of rotatable bonds is 6. The summed E-state index contributed by atoms with van der Waals surface area (Å²) >= 11 is 0. The molecule has 1 aromatic rings. The van der Waals surface area contributed by atoms with Gasteiger partial charge in [0.15, 0.2) is 5.76 Å². The van der Waals surface area contributed by atoms with Crippen LogP contribution in [0.3, 0.4) is 0 Å². The summed E-state index contributed by atoms with van der Waals surface area (Å²) in [6.07, 6.45) is 8.15. The third-order valence-corrected chi connectivity index (χ3v) is 5.34. The first-order valence-corrected chi connectivity index (χ1v) is 9.29. The molecule has 138 valence electrons. The molecule has 1 atom stereocenters. The first kappa shape index (κ1) is 17.9. The zero-order valence-corrected chi connectivity index (χ0v) is 14.9. The maximum Gasteiger partial charge on any atom is 0.237 e. The van der Waals surface area contributed by atoms with Crippen LogP contribution in [-0.4, -0.2) is 59.5 Å². The summed E-state index contributed by atoms with van der Waals surface area (Å²) in [5, 5.41) is 6.56. The van der Waals surface area contributed by atoms with E-state index in [1.54, 1.807) is 24.2 Å². The highest BCUT2D eigenvalue weighted by molar-refractivity contribution is 5.88. The van der Waals surface area contributed by atoms with Crippen molar-refractivity contribution in [2.75, 3.05) is 26.7 Å². The van der Waals surface area contributed by atoms with Crippen LogP contribution in [0.1, 0.15) is 44.3 Å². The molecule has 0 spiro atoms. The molecule has 1 aliphatic heterocycles. The predicted molar refractivity (Wildman–Crippen MR) is 92.5 cm³/mol. The zero-order valence-electron chi connectivity index (χ0n) is 14.9. The molecule has 2 fully saturated rings. The lowest BCUT2D eigenvalue weighted by molar-refractivity contribution is -0.138. The highest BCUT2D eigenvalue weighted by Crippen LogP contribution is 2.26. The molecule has 1 N–H and O–H groups in total. The monoisotopic (exact) mass is 348 g/mol. The minimum atomic E-state index is -0.361. The van der Waals surface area contributed by atoms with Crippen molar-refractivity contribution in [3.8, 4) is 0 Å². The molecule has 1 aliphatic carbocycles. The molecule has 0 aromatic carbocycles. The van der Waals surface area contributed by atoms with Gasteiger partial charge in [-0.1, -0.05) is 24.4 Å². The number of nitrogens with one attached hydrogen (secondary N) is 1. The van der Waals surface area contributed by atoms with Gasteiger partial charge in [-0.2, -0.15) is 0 Å². The fraction of sp³-hybridized carbons (Fsp3) is 0.722. The van der Waals surface area contributed by atoms with Crippen molar-refractivity contribution in [1.29, 1.82) is 0 Å². The number of amides is 2. The van der Waals surface area contributed by atoms with Crippen molar-refractivity contribution in [1.82, 2.24) is 20.3 Å². The molecule has 1 saturated carbocycles. The third-order valence-electron chi connectivity index (χ3n) is 5.34. The van der Waals surface area contributed by atoms with Crippen molar-refractivity contribution in [2.24, 2.45) is 5.92 Å². The van der Waals surface area contributed by atoms with Crippen LogP contribution in [0.2, 0.25) is 0 Å². The summed E-state index contributed by atoms with van der Waals surface area (Å²) in [5.41, 5.74) is 0. The molecule has 7 heteroatoms. The fourth-order valence-corrected chi connectivity index (χ4v) is 3.87. The molecule has 7 nitrogen and oxygen atoms in total. The summed E-state index contributed by atoms with van der Waals surface area (Å²) in [6, 6.07) is 1.38. The van der Waals surface area contributed by atoms with Crippen molar-refractivity contribution >= 4 is 11.8 Å². The van der Waals surface area contributed by atoms with Crippen LogP contribution >= 0.6 is 0 Å². The van der Waals surface area contributed by atoms with Gasteiger partial charge in [0.05, 0.1) is 25.2 Å². The summed E-state index contributed by atoms with van der Waals surface area (Å²) < 4.78 is 5.05. The van der Waals surface area contributed by atoms with Gasteiger partial charge in [-0.25, -0.2) is 0 Å². The molecular formula is C18H28N4O3. The molecule has 0 radical (unpaired) electrons. The molecule has 2 amide bonds. The summed E-state index contributed by atoms with van der Waals surface area (Å²) in [7, 11) is 1.73. The standard InChI is InChI=1S/C18H28N4O3/c1-21(13-15-7-8-20-25-15)17(23)11-16-18(24)19-9-10-22(16)12-14-5-3-2-4-6-14/h7-8,14,16H,2-6,9-13H2,1H3,(H,19,24). The Hall–Kier alpha value is -1.89. The minimum Gasteiger partial charge on any atom is -0.360 e. The number of carbonyl (C=O) groups excluding carboxylic acids is 2. The van der Waals surface area contributed by atoms with Crippen molar-refractivity contribution in [3.63, 3.8) is 0 Å². The molecule has 1 saturated heterocycles. The number of aromatic nitrogens is 1. The first-order valence-electron chi connectivity index (χ1n) is 9.29. The van der Waals surface area contributed by atoms with E-state index in [9.17, 15) is 9.59 Å². The lowest BCUT2D eigenvalue weighted by Gasteiger charge is -2.38. The van der Waals surface area contributed by atoms with E-state index in [1.807, 2.05) is 0 Å². The predicted octanol–water partition coefficient (Wildman–Crippen LogP) is 1.40. The van der Waals surface area contributed by atoms with Crippen LogP contribution < -0.4 is 5.32 Å². The Labute approximate surface area is 148 Å². The molecule has 1 aromatic heterocycles. The van der Waals surface area contributed by atoms with Crippen LogP contribution in [0.5, 0.6) is 0 Å². The second-order valence-corrected chi connectivity index (χ2v) is 7.24. The van der Waals surface area contributed by atoms with Gasteiger partial charge < -0.3 is 14.7 Å². The SMILES string of the molecule is CN(Cc1ccno1)C(=O)CC1C(=O)NCCN1CC1CCCCC1. The lowest BCUT2D eigenvalue weighted by atomic mass is 9.88. The zero-order chi connectivity index (χ0) is 17.6. The average molecular weight is 348 g/mol. The smallest absolute Gasteiger partial charge is 0.237 e. The van der Waals surface area contributed by atoms with Crippen molar-refractivity contribution in [2.45, 2.75) is 51.1 Å². The summed E-state index contributed by atoms with van der Waals surface area (Å²) in [5.74, 6) is 1.22. The van der Waals surface area contributed by atoms with Crippen molar-refractivity contribution in [3.05, 3.63) is 18.0 Å². The normalized spacial score (nSPS) is 22.6. The van der Waals surface area contributed by atoms with E-state index in [2.05, 4.69) is 15.4 Å². The Morgan fingerprint density at radius 3 is 2.92 bits per heavy atom. The highest BCUT2D eigenvalue weighted by Gasteiger charge is 2.33. The molecule has 2 aliphatic rings. The van der Waals surface area contributed by atoms with E-state index in [-0.39, 0.29) is 24.3 Å². The average Bonchev–Trinajstić information content (AvgIpc) is 3.11. The Bertz CT molecular complexity index is 569. The minimum absolute atomic E-state index is 0.0246. The summed E-state index contributed by atoms with van der Waals surface area (Å²) in [4.78, 5) is 28.8. The van der Waals surface area contributed by atoms with Gasteiger partial charge in [0.25, 0.3) is 0 Å². The Morgan fingerprint density at radius 2 is 2.20 bits per heavy atom. The molecule has 1 unspecified atom stereocenters. The van der Waals surface area contributed by atoms with Gasteiger partial charge in [0.1, 0.15) is 0 Å². The number of nitrogens with zero attached hydrogens (tertiary/aromatic N) is 3. The van der Waals surface area contributed by atoms with E-state index in [0.717, 1.165) is 13.1 Å². The second kappa shape index (κ2) is 8.47. The van der Waals surface area contributed by atoms with Crippen molar-refractivity contribution < 1.29 is 14.1 Å². The van der Waals surface area contributed by atoms with E-state index >= 15 is 0 Å². The van der Waals surface area contributed by atoms with Crippen LogP contribution in [0.4, 0.5) is 0 Å². The van der Waals surface area contributed by atoms with E-state index in [0.29, 0.717) is 24.8 Å². The van der Waals surface area contributed by atoms with Gasteiger partial charge in [0.2, 0.25) is 11.8 Å². The quantitative estimate of drug-likeness (QED) is 0.841. The van der Waals surface area contributed by atoms with Gasteiger partial charge in [-0.3, -0.25) is 14.5 Å². The molecule has 3 rings (SSSR count). The largest absolute Gasteiger partial charge is 0.360 e. The topological polar surface area (TPSA) is 78.7 Å². The molecule has 25 heavy (non-hydrogen) atoms. The van der Waals surface area contributed by atoms with Crippen LogP contribution in [0, 0.1) is 5.92 Å². The first-order chi connectivity index (χ1) is 12.1. The number of hydrogen-bond donors (Lipinski definition) is 1. The van der Waals surface area contributed by atoms with E-state index < -0.39 is 0 Å². The highest BCUT2D eigenvalue weighted by atomic mass is 16.5. The number of carbonyl (C=O) groups is 2. The Morgan fingerprint density at radius 1 is 1.40 bits per heavy atom. The van der Waals surface area contributed by atoms with Crippen LogP contribution in [0.25, 0.3) is 0 Å². The molecule has 2 heterocycles.